The molecule has 0 aliphatic heterocycles. The maximum atomic E-state index is 8.95. The van der Waals surface area contributed by atoms with Crippen LogP contribution >= 0.6 is 11.3 Å². The van der Waals surface area contributed by atoms with Crippen molar-refractivity contribution in [1.82, 2.24) is 9.88 Å². The zero-order valence-electron chi connectivity index (χ0n) is 9.73. The summed E-state index contributed by atoms with van der Waals surface area (Å²) in [6, 6.07) is 0.491. The number of nitrogens with zero attached hydrogens (tertiary/aromatic N) is 2. The first-order valence-electron chi connectivity index (χ1n) is 5.39. The van der Waals surface area contributed by atoms with E-state index in [1.165, 1.54) is 4.88 Å². The Bertz CT molecular complexity index is 286. The summed E-state index contributed by atoms with van der Waals surface area (Å²) >= 11 is 1.72. The maximum absolute atomic E-state index is 8.95. The first-order valence-corrected chi connectivity index (χ1v) is 6.27. The Kier molecular flexibility index (Phi) is 5.22. The van der Waals surface area contributed by atoms with Gasteiger partial charge in [-0.25, -0.2) is 4.98 Å². The molecule has 1 heterocycles. The average Bonchev–Trinajstić information content (AvgIpc) is 2.58. The molecule has 0 aliphatic rings. The van der Waals surface area contributed by atoms with Gasteiger partial charge in [0, 0.05) is 24.0 Å². The summed E-state index contributed by atoms with van der Waals surface area (Å²) in [7, 11) is 0. The molecule has 0 amide bonds. The summed E-state index contributed by atoms with van der Waals surface area (Å²) in [5.74, 6) is 0. The molecule has 4 heteroatoms. The average molecular weight is 228 g/mol. The maximum Gasteiger partial charge on any atom is 0.0797 e. The molecule has 1 aromatic rings. The molecule has 1 rings (SSSR count). The normalized spacial score (nSPS) is 11.6. The first-order chi connectivity index (χ1) is 7.15. The molecule has 1 N–H and O–H groups in total. The van der Waals surface area contributed by atoms with E-state index in [0.717, 1.165) is 25.2 Å². The molecule has 86 valence electrons. The van der Waals surface area contributed by atoms with Gasteiger partial charge >= 0.3 is 0 Å². The van der Waals surface area contributed by atoms with Crippen LogP contribution < -0.4 is 0 Å². The van der Waals surface area contributed by atoms with Crippen molar-refractivity contribution in [2.45, 2.75) is 33.2 Å². The highest BCUT2D eigenvalue weighted by Gasteiger charge is 2.10. The number of thiazole rings is 1. The molecule has 1 aromatic heterocycles. The quantitative estimate of drug-likeness (QED) is 0.805. The second-order valence-electron chi connectivity index (χ2n) is 3.96. The van der Waals surface area contributed by atoms with Crippen molar-refractivity contribution in [3.63, 3.8) is 0 Å². The number of aromatic nitrogens is 1. The van der Waals surface area contributed by atoms with E-state index in [0.29, 0.717) is 6.04 Å². The summed E-state index contributed by atoms with van der Waals surface area (Å²) in [6.07, 6.45) is 1.04. The van der Waals surface area contributed by atoms with Gasteiger partial charge in [-0.1, -0.05) is 0 Å². The topological polar surface area (TPSA) is 36.4 Å². The first kappa shape index (κ1) is 12.6. The van der Waals surface area contributed by atoms with Crippen LogP contribution in [0.25, 0.3) is 0 Å². The lowest BCUT2D eigenvalue weighted by atomic mass is 10.2. The number of hydrogen-bond donors (Lipinski definition) is 1. The summed E-state index contributed by atoms with van der Waals surface area (Å²) < 4.78 is 0. The largest absolute Gasteiger partial charge is 0.395 e. The molecule has 0 unspecified atom stereocenters. The Labute approximate surface area is 95.8 Å². The highest BCUT2D eigenvalue weighted by atomic mass is 32.1. The minimum absolute atomic E-state index is 0.236. The van der Waals surface area contributed by atoms with Crippen LogP contribution in [0, 0.1) is 6.92 Å². The van der Waals surface area contributed by atoms with E-state index in [1.54, 1.807) is 11.3 Å². The third kappa shape index (κ3) is 3.89. The van der Waals surface area contributed by atoms with Gasteiger partial charge in [0.25, 0.3) is 0 Å². The number of hydrogen-bond acceptors (Lipinski definition) is 4. The molecule has 0 radical (unpaired) electrons. The predicted octanol–water partition coefficient (Wildman–Crippen LogP) is 1.70. The van der Waals surface area contributed by atoms with Gasteiger partial charge < -0.3 is 5.11 Å². The van der Waals surface area contributed by atoms with Crippen LogP contribution in [0.4, 0.5) is 0 Å². The Morgan fingerprint density at radius 3 is 2.67 bits per heavy atom. The number of rotatable bonds is 6. The SMILES string of the molecule is Cc1ncsc1CCN(CCO)C(C)C. The fourth-order valence-corrected chi connectivity index (χ4v) is 2.34. The van der Waals surface area contributed by atoms with Gasteiger partial charge in [-0.2, -0.15) is 0 Å². The van der Waals surface area contributed by atoms with Gasteiger partial charge in [0.1, 0.15) is 0 Å². The van der Waals surface area contributed by atoms with Gasteiger partial charge in [0.2, 0.25) is 0 Å². The monoisotopic (exact) mass is 228 g/mol. The van der Waals surface area contributed by atoms with Crippen molar-refractivity contribution < 1.29 is 5.11 Å². The Morgan fingerprint density at radius 2 is 2.20 bits per heavy atom. The van der Waals surface area contributed by atoms with Crippen LogP contribution in [-0.4, -0.2) is 40.7 Å². The second kappa shape index (κ2) is 6.20. The molecule has 0 atom stereocenters. The molecule has 3 nitrogen and oxygen atoms in total. The van der Waals surface area contributed by atoms with E-state index in [4.69, 9.17) is 5.11 Å². The van der Waals surface area contributed by atoms with Crippen LogP contribution in [-0.2, 0) is 6.42 Å². The fourth-order valence-electron chi connectivity index (χ4n) is 1.57. The molecule has 0 fully saturated rings. The van der Waals surface area contributed by atoms with Crippen molar-refractivity contribution in [2.75, 3.05) is 19.7 Å². The number of aryl methyl sites for hydroxylation is 1. The molecule has 0 saturated heterocycles. The molecular weight excluding hydrogens is 208 g/mol. The highest BCUT2D eigenvalue weighted by Crippen LogP contribution is 2.13. The minimum atomic E-state index is 0.236. The van der Waals surface area contributed by atoms with Crippen molar-refractivity contribution in [2.24, 2.45) is 0 Å². The zero-order chi connectivity index (χ0) is 11.3. The van der Waals surface area contributed by atoms with E-state index >= 15 is 0 Å². The van der Waals surface area contributed by atoms with Crippen molar-refractivity contribution in [3.8, 4) is 0 Å². The lowest BCUT2D eigenvalue weighted by Crippen LogP contribution is -2.35. The number of aliphatic hydroxyl groups is 1. The van der Waals surface area contributed by atoms with E-state index in [9.17, 15) is 0 Å². The molecule has 0 aliphatic carbocycles. The Hall–Kier alpha value is -0.450. The van der Waals surface area contributed by atoms with Crippen molar-refractivity contribution >= 4 is 11.3 Å². The third-order valence-corrected chi connectivity index (χ3v) is 3.58. The Morgan fingerprint density at radius 1 is 1.47 bits per heavy atom. The summed E-state index contributed by atoms with van der Waals surface area (Å²) in [5, 5.41) is 8.95. The molecule has 0 bridgehead atoms. The van der Waals surface area contributed by atoms with Crippen LogP contribution in [0.5, 0.6) is 0 Å². The van der Waals surface area contributed by atoms with Gasteiger partial charge in [-0.15, -0.1) is 11.3 Å². The van der Waals surface area contributed by atoms with Crippen LogP contribution in [0.15, 0.2) is 5.51 Å². The number of aliphatic hydroxyl groups excluding tert-OH is 1. The van der Waals surface area contributed by atoms with Crippen LogP contribution in [0.2, 0.25) is 0 Å². The smallest absolute Gasteiger partial charge is 0.0797 e. The second-order valence-corrected chi connectivity index (χ2v) is 4.90. The van der Waals surface area contributed by atoms with Crippen LogP contribution in [0.1, 0.15) is 24.4 Å². The van der Waals surface area contributed by atoms with Gasteiger partial charge in [-0.05, 0) is 27.2 Å². The highest BCUT2D eigenvalue weighted by molar-refractivity contribution is 7.09. The molecule has 0 spiro atoms. The predicted molar refractivity (Wildman–Crippen MR) is 64.3 cm³/mol. The van der Waals surface area contributed by atoms with E-state index in [1.807, 2.05) is 5.51 Å². The fraction of sp³-hybridized carbons (Fsp3) is 0.727. The van der Waals surface area contributed by atoms with E-state index in [2.05, 4.69) is 30.7 Å². The molecule has 0 aromatic carbocycles. The lowest BCUT2D eigenvalue weighted by molar-refractivity contribution is 0.167. The standard InChI is InChI=1S/C11H20N2OS/c1-9(2)13(6-7-14)5-4-11-10(3)12-8-15-11/h8-9,14H,4-7H2,1-3H3. The van der Waals surface area contributed by atoms with E-state index in [-0.39, 0.29) is 6.61 Å². The lowest BCUT2D eigenvalue weighted by Gasteiger charge is -2.25. The van der Waals surface area contributed by atoms with E-state index < -0.39 is 0 Å². The molecule has 0 saturated carbocycles. The summed E-state index contributed by atoms with van der Waals surface area (Å²) in [4.78, 5) is 7.89. The molecule has 15 heavy (non-hydrogen) atoms. The Balaban J connectivity index is 2.43. The van der Waals surface area contributed by atoms with Crippen molar-refractivity contribution in [3.05, 3.63) is 16.1 Å². The van der Waals surface area contributed by atoms with Crippen molar-refractivity contribution in [1.29, 1.82) is 0 Å². The summed E-state index contributed by atoms with van der Waals surface area (Å²) in [5.41, 5.74) is 3.05. The zero-order valence-corrected chi connectivity index (χ0v) is 10.5. The molecular formula is C11H20N2OS. The van der Waals surface area contributed by atoms with Crippen LogP contribution in [0.3, 0.4) is 0 Å². The minimum Gasteiger partial charge on any atom is -0.395 e. The summed E-state index contributed by atoms with van der Waals surface area (Å²) in [6.45, 7) is 8.37. The van der Waals surface area contributed by atoms with Gasteiger partial charge in [0.15, 0.2) is 0 Å². The van der Waals surface area contributed by atoms with Gasteiger partial charge in [0.05, 0.1) is 17.8 Å². The third-order valence-electron chi connectivity index (χ3n) is 2.59. The van der Waals surface area contributed by atoms with Gasteiger partial charge in [-0.3, -0.25) is 4.90 Å².